The van der Waals surface area contributed by atoms with Crippen LogP contribution in [-0.4, -0.2) is 18.7 Å². The van der Waals surface area contributed by atoms with Gasteiger partial charge in [-0.2, -0.15) is 10.4 Å². The number of nitrogens with one attached hydrogen (secondary N) is 1. The number of ether oxygens (including phenoxy) is 2. The van der Waals surface area contributed by atoms with E-state index in [1.807, 2.05) is 31.2 Å². The first-order chi connectivity index (χ1) is 17.5. The van der Waals surface area contributed by atoms with E-state index in [1.54, 1.807) is 12.1 Å². The van der Waals surface area contributed by atoms with Gasteiger partial charge in [-0.3, -0.25) is 4.79 Å². The molecule has 0 fully saturated rings. The summed E-state index contributed by atoms with van der Waals surface area (Å²) in [6.07, 6.45) is 1.42. The second-order valence-corrected chi connectivity index (χ2v) is 8.59. The monoisotopic (exact) mass is 545 g/mol. The molecule has 0 saturated heterocycles. The number of hydrogen-bond acceptors (Lipinski definition) is 5. The Hall–Kier alpha value is -4.22. The third-order valence-electron chi connectivity index (χ3n) is 5.25. The molecular weight excluding hydrogens is 525 g/mol. The minimum Gasteiger partial charge on any atom is -0.490 e. The standard InChI is InChI=1S/C28H21BrFN3O3/c1-2-35-26-14-20(16-32-33-28(34)23-10-8-18(15-31)13-25(23)30)12-24(29)27(26)36-17-19-7-9-21-5-3-4-6-22(21)11-19/h3-14,16H,2,17H2,1H3,(H,33,34)/b32-16-. The molecule has 1 amide bonds. The van der Waals surface area contributed by atoms with Crippen molar-refractivity contribution in [3.63, 3.8) is 0 Å². The Labute approximate surface area is 216 Å². The van der Waals surface area contributed by atoms with Crippen LogP contribution in [0.3, 0.4) is 0 Å². The molecule has 0 atom stereocenters. The molecule has 0 unspecified atom stereocenters. The molecule has 0 radical (unpaired) electrons. The number of halogens is 2. The molecule has 0 bridgehead atoms. The normalized spacial score (nSPS) is 10.8. The van der Waals surface area contributed by atoms with Crippen molar-refractivity contribution in [2.75, 3.05) is 6.61 Å². The van der Waals surface area contributed by atoms with Crippen molar-refractivity contribution in [3.05, 3.63) is 105 Å². The number of hydrazone groups is 1. The maximum atomic E-state index is 14.0. The number of carbonyl (C=O) groups is 1. The Morgan fingerprint density at radius 2 is 1.89 bits per heavy atom. The molecule has 4 rings (SSSR count). The number of benzene rings is 4. The number of nitriles is 1. The maximum Gasteiger partial charge on any atom is 0.274 e. The van der Waals surface area contributed by atoms with E-state index in [2.05, 4.69) is 50.7 Å². The lowest BCUT2D eigenvalue weighted by Gasteiger charge is -2.15. The van der Waals surface area contributed by atoms with Gasteiger partial charge in [0, 0.05) is 0 Å². The van der Waals surface area contributed by atoms with Gasteiger partial charge >= 0.3 is 0 Å². The summed E-state index contributed by atoms with van der Waals surface area (Å²) >= 11 is 3.53. The van der Waals surface area contributed by atoms with Gasteiger partial charge in [-0.15, -0.1) is 0 Å². The first-order valence-electron chi connectivity index (χ1n) is 11.1. The third kappa shape index (κ3) is 5.88. The van der Waals surface area contributed by atoms with Crippen molar-refractivity contribution < 1.29 is 18.7 Å². The highest BCUT2D eigenvalue weighted by Crippen LogP contribution is 2.37. The van der Waals surface area contributed by atoms with Gasteiger partial charge in [0.25, 0.3) is 5.91 Å². The summed E-state index contributed by atoms with van der Waals surface area (Å²) in [6, 6.07) is 23.2. The topological polar surface area (TPSA) is 83.7 Å². The van der Waals surface area contributed by atoms with Gasteiger partial charge in [-0.25, -0.2) is 9.82 Å². The number of fused-ring (bicyclic) bond motifs is 1. The van der Waals surface area contributed by atoms with E-state index in [4.69, 9.17) is 14.7 Å². The van der Waals surface area contributed by atoms with Crippen molar-refractivity contribution in [3.8, 4) is 17.6 Å². The fourth-order valence-corrected chi connectivity index (χ4v) is 4.12. The molecule has 0 aliphatic carbocycles. The first-order valence-corrected chi connectivity index (χ1v) is 11.9. The van der Waals surface area contributed by atoms with E-state index >= 15 is 0 Å². The summed E-state index contributed by atoms with van der Waals surface area (Å²) in [5.74, 6) is -0.465. The zero-order valence-electron chi connectivity index (χ0n) is 19.3. The predicted molar refractivity (Wildman–Crippen MR) is 140 cm³/mol. The average Bonchev–Trinajstić information content (AvgIpc) is 2.88. The second kappa shape index (κ2) is 11.5. The second-order valence-electron chi connectivity index (χ2n) is 7.74. The molecule has 0 aliphatic rings. The Morgan fingerprint density at radius 3 is 2.64 bits per heavy atom. The summed E-state index contributed by atoms with van der Waals surface area (Å²) < 4.78 is 26.6. The van der Waals surface area contributed by atoms with Crippen molar-refractivity contribution in [1.29, 1.82) is 5.26 Å². The number of hydrogen-bond donors (Lipinski definition) is 1. The fraction of sp³-hybridized carbons (Fsp3) is 0.107. The average molecular weight is 546 g/mol. The molecule has 180 valence electrons. The summed E-state index contributed by atoms with van der Waals surface area (Å²) in [7, 11) is 0. The summed E-state index contributed by atoms with van der Waals surface area (Å²) in [4.78, 5) is 12.2. The Kier molecular flexibility index (Phi) is 7.93. The van der Waals surface area contributed by atoms with Crippen LogP contribution < -0.4 is 14.9 Å². The molecule has 8 heteroatoms. The molecule has 1 N–H and O–H groups in total. The van der Waals surface area contributed by atoms with E-state index in [-0.39, 0.29) is 11.1 Å². The van der Waals surface area contributed by atoms with Crippen LogP contribution in [0.2, 0.25) is 0 Å². The smallest absolute Gasteiger partial charge is 0.274 e. The Bertz CT molecular complexity index is 1500. The summed E-state index contributed by atoms with van der Waals surface area (Å²) in [5, 5.41) is 15.0. The molecule has 4 aromatic carbocycles. The van der Waals surface area contributed by atoms with Crippen LogP contribution in [-0.2, 0) is 6.61 Å². The van der Waals surface area contributed by atoms with Crippen LogP contribution in [0.15, 0.2) is 82.4 Å². The van der Waals surface area contributed by atoms with Gasteiger partial charge in [0.05, 0.1) is 34.5 Å². The SMILES string of the molecule is CCOc1cc(/C=N\NC(=O)c2ccc(C#N)cc2F)cc(Br)c1OCc1ccc2ccccc2c1. The molecule has 0 spiro atoms. The lowest BCUT2D eigenvalue weighted by atomic mass is 10.1. The molecule has 0 saturated carbocycles. The Balaban J connectivity index is 1.47. The molecule has 0 aromatic heterocycles. The van der Waals surface area contributed by atoms with Gasteiger partial charge < -0.3 is 9.47 Å². The van der Waals surface area contributed by atoms with E-state index in [1.165, 1.54) is 18.3 Å². The van der Waals surface area contributed by atoms with Gasteiger partial charge in [-0.05, 0) is 81.2 Å². The van der Waals surface area contributed by atoms with Crippen LogP contribution in [0.4, 0.5) is 4.39 Å². The van der Waals surface area contributed by atoms with Gasteiger partial charge in [0.2, 0.25) is 0 Å². The van der Waals surface area contributed by atoms with E-state index in [9.17, 15) is 9.18 Å². The minimum atomic E-state index is -0.795. The zero-order valence-corrected chi connectivity index (χ0v) is 20.9. The summed E-state index contributed by atoms with van der Waals surface area (Å²) in [5.41, 5.74) is 3.86. The highest BCUT2D eigenvalue weighted by Gasteiger charge is 2.14. The van der Waals surface area contributed by atoms with E-state index in [0.29, 0.717) is 34.7 Å². The van der Waals surface area contributed by atoms with Crippen molar-refractivity contribution in [2.45, 2.75) is 13.5 Å². The molecular formula is C28H21BrFN3O3. The number of amides is 1. The maximum absolute atomic E-state index is 14.0. The van der Waals surface area contributed by atoms with Crippen molar-refractivity contribution >= 4 is 38.8 Å². The van der Waals surface area contributed by atoms with E-state index < -0.39 is 11.7 Å². The molecule has 36 heavy (non-hydrogen) atoms. The van der Waals surface area contributed by atoms with Gasteiger partial charge in [0.15, 0.2) is 11.5 Å². The lowest BCUT2D eigenvalue weighted by Crippen LogP contribution is -2.19. The molecule has 6 nitrogen and oxygen atoms in total. The summed E-state index contributed by atoms with van der Waals surface area (Å²) in [6.45, 7) is 2.64. The number of carbonyl (C=O) groups excluding carboxylic acids is 1. The van der Waals surface area contributed by atoms with Crippen LogP contribution in [0, 0.1) is 17.1 Å². The molecule has 0 aliphatic heterocycles. The van der Waals surface area contributed by atoms with Crippen LogP contribution in [0.5, 0.6) is 11.5 Å². The van der Waals surface area contributed by atoms with Crippen molar-refractivity contribution in [2.24, 2.45) is 5.10 Å². The highest BCUT2D eigenvalue weighted by atomic mass is 79.9. The molecule has 0 heterocycles. The minimum absolute atomic E-state index is 0.128. The van der Waals surface area contributed by atoms with Crippen LogP contribution in [0.25, 0.3) is 10.8 Å². The lowest BCUT2D eigenvalue weighted by molar-refractivity contribution is 0.0951. The molecule has 4 aromatic rings. The first kappa shape index (κ1) is 24.9. The van der Waals surface area contributed by atoms with Crippen molar-refractivity contribution in [1.82, 2.24) is 5.43 Å². The Morgan fingerprint density at radius 1 is 1.08 bits per heavy atom. The predicted octanol–water partition coefficient (Wildman–Crippen LogP) is 6.35. The fourth-order valence-electron chi connectivity index (χ4n) is 3.54. The van der Waals surface area contributed by atoms with Gasteiger partial charge in [0.1, 0.15) is 12.4 Å². The van der Waals surface area contributed by atoms with Crippen LogP contribution >= 0.6 is 15.9 Å². The van der Waals surface area contributed by atoms with Crippen LogP contribution in [0.1, 0.15) is 34.0 Å². The zero-order chi connectivity index (χ0) is 25.5. The highest BCUT2D eigenvalue weighted by molar-refractivity contribution is 9.10. The number of nitrogens with zero attached hydrogens (tertiary/aromatic N) is 2. The van der Waals surface area contributed by atoms with E-state index in [0.717, 1.165) is 22.4 Å². The van der Waals surface area contributed by atoms with Gasteiger partial charge in [-0.1, -0.05) is 36.4 Å². The number of rotatable bonds is 8. The largest absolute Gasteiger partial charge is 0.490 e. The quantitative estimate of drug-likeness (QED) is 0.206. The third-order valence-corrected chi connectivity index (χ3v) is 5.84.